The van der Waals surface area contributed by atoms with Crippen molar-refractivity contribution in [2.45, 2.75) is 25.4 Å². The number of nitrogens with zero attached hydrogens (tertiary/aromatic N) is 1. The number of hydrogen-bond acceptors (Lipinski definition) is 2. The largest absolute Gasteiger partial charge is 0.393 e. The average molecular weight is 245 g/mol. The van der Waals surface area contributed by atoms with Crippen LogP contribution in [0.15, 0.2) is 48.8 Å². The van der Waals surface area contributed by atoms with Crippen LogP contribution >= 0.6 is 0 Å². The van der Waals surface area contributed by atoms with Gasteiger partial charge in [0.25, 0.3) is 0 Å². The van der Waals surface area contributed by atoms with E-state index in [1.54, 1.807) is 30.6 Å². The second-order valence-corrected chi connectivity index (χ2v) is 4.35. The van der Waals surface area contributed by atoms with Gasteiger partial charge >= 0.3 is 0 Å². The van der Waals surface area contributed by atoms with Gasteiger partial charge in [-0.2, -0.15) is 0 Å². The minimum absolute atomic E-state index is 0.252. The van der Waals surface area contributed by atoms with Gasteiger partial charge in [-0.3, -0.25) is 4.98 Å². The minimum atomic E-state index is -0.526. The van der Waals surface area contributed by atoms with Gasteiger partial charge in [0.1, 0.15) is 5.82 Å². The molecule has 0 amide bonds. The molecule has 0 saturated carbocycles. The predicted molar refractivity (Wildman–Crippen MR) is 68.7 cm³/mol. The van der Waals surface area contributed by atoms with Crippen LogP contribution in [0.25, 0.3) is 0 Å². The second-order valence-electron chi connectivity index (χ2n) is 4.35. The number of aliphatic hydroxyl groups is 1. The molecule has 0 aliphatic carbocycles. The zero-order valence-electron chi connectivity index (χ0n) is 10.1. The van der Waals surface area contributed by atoms with Crippen LogP contribution in [0.3, 0.4) is 0 Å². The molecule has 0 aliphatic heterocycles. The third-order valence-corrected chi connectivity index (χ3v) is 2.90. The summed E-state index contributed by atoms with van der Waals surface area (Å²) in [4.78, 5) is 4.02. The molecule has 3 heteroatoms. The highest BCUT2D eigenvalue weighted by Gasteiger charge is 2.09. The maximum absolute atomic E-state index is 13.4. The SMILES string of the molecule is OC(CCc1cccnc1)Cc1ccccc1F. The zero-order valence-corrected chi connectivity index (χ0v) is 10.1. The van der Waals surface area contributed by atoms with Crippen molar-refractivity contribution in [3.8, 4) is 0 Å². The normalized spacial score (nSPS) is 12.3. The molecule has 0 fully saturated rings. The van der Waals surface area contributed by atoms with Crippen molar-refractivity contribution in [2.75, 3.05) is 0 Å². The topological polar surface area (TPSA) is 33.1 Å². The first-order valence-electron chi connectivity index (χ1n) is 6.06. The van der Waals surface area contributed by atoms with Gasteiger partial charge in [0.2, 0.25) is 0 Å². The molecule has 0 saturated heterocycles. The van der Waals surface area contributed by atoms with Gasteiger partial charge in [-0.1, -0.05) is 24.3 Å². The van der Waals surface area contributed by atoms with E-state index in [0.29, 0.717) is 18.4 Å². The Morgan fingerprint density at radius 1 is 1.17 bits per heavy atom. The smallest absolute Gasteiger partial charge is 0.126 e. The lowest BCUT2D eigenvalue weighted by Crippen LogP contribution is -2.12. The number of aromatic nitrogens is 1. The van der Waals surface area contributed by atoms with Crippen molar-refractivity contribution in [1.29, 1.82) is 0 Å². The number of halogens is 1. The average Bonchev–Trinajstić information content (AvgIpc) is 2.40. The summed E-state index contributed by atoms with van der Waals surface area (Å²) in [5.41, 5.74) is 1.65. The standard InChI is InChI=1S/C15H16FNO/c16-15-6-2-1-5-13(15)10-14(18)8-7-12-4-3-9-17-11-12/h1-6,9,11,14,18H,7-8,10H2. The molecular weight excluding hydrogens is 229 g/mol. The van der Waals surface area contributed by atoms with Crippen LogP contribution in [0.4, 0.5) is 4.39 Å². The summed E-state index contributed by atoms with van der Waals surface area (Å²) in [6.07, 6.45) is 4.70. The van der Waals surface area contributed by atoms with Crippen LogP contribution in [0, 0.1) is 5.82 Å². The Balaban J connectivity index is 1.86. The summed E-state index contributed by atoms with van der Waals surface area (Å²) in [7, 11) is 0. The van der Waals surface area contributed by atoms with Crippen LogP contribution in [0.1, 0.15) is 17.5 Å². The highest BCUT2D eigenvalue weighted by atomic mass is 19.1. The Morgan fingerprint density at radius 3 is 2.72 bits per heavy atom. The third kappa shape index (κ3) is 3.64. The van der Waals surface area contributed by atoms with Gasteiger partial charge in [-0.05, 0) is 36.1 Å². The van der Waals surface area contributed by atoms with Crippen molar-refractivity contribution in [3.63, 3.8) is 0 Å². The molecule has 1 heterocycles. The second kappa shape index (κ2) is 6.26. The Bertz CT molecular complexity index is 487. The lowest BCUT2D eigenvalue weighted by atomic mass is 10.0. The van der Waals surface area contributed by atoms with Crippen LogP contribution < -0.4 is 0 Å². The first-order valence-corrected chi connectivity index (χ1v) is 6.06. The van der Waals surface area contributed by atoms with Crippen LogP contribution in [-0.2, 0) is 12.8 Å². The maximum atomic E-state index is 13.4. The van der Waals surface area contributed by atoms with Gasteiger partial charge in [-0.25, -0.2) is 4.39 Å². The van der Waals surface area contributed by atoms with Gasteiger partial charge < -0.3 is 5.11 Å². The molecule has 2 aromatic rings. The lowest BCUT2D eigenvalue weighted by Gasteiger charge is -2.11. The molecule has 2 rings (SSSR count). The van der Waals surface area contributed by atoms with E-state index in [2.05, 4.69) is 4.98 Å². The van der Waals surface area contributed by atoms with Gasteiger partial charge in [-0.15, -0.1) is 0 Å². The Hall–Kier alpha value is -1.74. The molecule has 1 N–H and O–H groups in total. The molecule has 1 aromatic carbocycles. The van der Waals surface area contributed by atoms with Crippen LogP contribution in [0.5, 0.6) is 0 Å². The summed E-state index contributed by atoms with van der Waals surface area (Å²) in [6.45, 7) is 0. The lowest BCUT2D eigenvalue weighted by molar-refractivity contribution is 0.164. The van der Waals surface area contributed by atoms with Crippen LogP contribution in [0.2, 0.25) is 0 Å². The van der Waals surface area contributed by atoms with E-state index in [0.717, 1.165) is 12.0 Å². The monoisotopic (exact) mass is 245 g/mol. The summed E-state index contributed by atoms with van der Waals surface area (Å²) >= 11 is 0. The van der Waals surface area contributed by atoms with Crippen molar-refractivity contribution in [3.05, 3.63) is 65.7 Å². The van der Waals surface area contributed by atoms with E-state index in [1.165, 1.54) is 6.07 Å². The molecular formula is C15H16FNO. The molecule has 0 radical (unpaired) electrons. The fourth-order valence-corrected chi connectivity index (χ4v) is 1.90. The molecule has 0 bridgehead atoms. The van der Waals surface area contributed by atoms with Crippen molar-refractivity contribution in [1.82, 2.24) is 4.98 Å². The fourth-order valence-electron chi connectivity index (χ4n) is 1.90. The molecule has 0 spiro atoms. The van der Waals surface area contributed by atoms with E-state index >= 15 is 0 Å². The predicted octanol–water partition coefficient (Wildman–Crippen LogP) is 2.76. The Labute approximate surface area is 106 Å². The molecule has 1 aromatic heterocycles. The third-order valence-electron chi connectivity index (χ3n) is 2.90. The zero-order chi connectivity index (χ0) is 12.8. The molecule has 94 valence electrons. The summed E-state index contributed by atoms with van der Waals surface area (Å²) in [5.74, 6) is -0.252. The van der Waals surface area contributed by atoms with Gasteiger partial charge in [0.05, 0.1) is 6.10 Å². The van der Waals surface area contributed by atoms with E-state index in [9.17, 15) is 9.50 Å². The molecule has 18 heavy (non-hydrogen) atoms. The van der Waals surface area contributed by atoms with Crippen LogP contribution in [-0.4, -0.2) is 16.2 Å². The number of aryl methyl sites for hydroxylation is 1. The maximum Gasteiger partial charge on any atom is 0.126 e. The van der Waals surface area contributed by atoms with E-state index in [-0.39, 0.29) is 5.82 Å². The van der Waals surface area contributed by atoms with Crippen molar-refractivity contribution in [2.24, 2.45) is 0 Å². The fraction of sp³-hybridized carbons (Fsp3) is 0.267. The van der Waals surface area contributed by atoms with E-state index in [4.69, 9.17) is 0 Å². The van der Waals surface area contributed by atoms with E-state index < -0.39 is 6.10 Å². The summed E-state index contributed by atoms with van der Waals surface area (Å²) in [6, 6.07) is 10.4. The molecule has 1 atom stereocenters. The highest BCUT2D eigenvalue weighted by Crippen LogP contribution is 2.12. The molecule has 2 nitrogen and oxygen atoms in total. The summed E-state index contributed by atoms with van der Waals surface area (Å²) < 4.78 is 13.4. The number of benzene rings is 1. The minimum Gasteiger partial charge on any atom is -0.393 e. The Kier molecular flexibility index (Phi) is 4.42. The highest BCUT2D eigenvalue weighted by molar-refractivity contribution is 5.18. The van der Waals surface area contributed by atoms with Gasteiger partial charge in [0.15, 0.2) is 0 Å². The number of pyridine rings is 1. The Morgan fingerprint density at radius 2 is 2.00 bits per heavy atom. The number of aliphatic hydroxyl groups excluding tert-OH is 1. The number of rotatable bonds is 5. The van der Waals surface area contributed by atoms with Crippen molar-refractivity contribution < 1.29 is 9.50 Å². The quantitative estimate of drug-likeness (QED) is 0.878. The molecule has 1 unspecified atom stereocenters. The summed E-state index contributed by atoms with van der Waals surface area (Å²) in [5, 5.41) is 9.90. The number of hydrogen-bond donors (Lipinski definition) is 1. The first-order chi connectivity index (χ1) is 8.75. The first kappa shape index (κ1) is 12.7. The van der Waals surface area contributed by atoms with Gasteiger partial charge in [0, 0.05) is 18.8 Å². The van der Waals surface area contributed by atoms with E-state index in [1.807, 2.05) is 12.1 Å². The molecule has 0 aliphatic rings. The van der Waals surface area contributed by atoms with Crippen molar-refractivity contribution >= 4 is 0 Å².